The molecular weight excluding hydrogens is 252 g/mol. The number of nitrogen functional groups attached to an aromatic ring is 1. The van der Waals surface area contributed by atoms with Gasteiger partial charge in [-0.15, -0.1) is 0 Å². The predicted octanol–water partition coefficient (Wildman–Crippen LogP) is 2.13. The van der Waals surface area contributed by atoms with Crippen LogP contribution in [0, 0.1) is 0 Å². The van der Waals surface area contributed by atoms with E-state index >= 15 is 0 Å². The highest BCUT2D eigenvalue weighted by atomic mass is 16.2. The number of hydrogen-bond donors (Lipinski definition) is 2. The van der Waals surface area contributed by atoms with Gasteiger partial charge in [0.25, 0.3) is 0 Å². The number of carbonyl (C=O) groups is 1. The van der Waals surface area contributed by atoms with Gasteiger partial charge in [0.05, 0.1) is 17.6 Å². The van der Waals surface area contributed by atoms with Crippen LogP contribution in [-0.2, 0) is 4.79 Å². The fourth-order valence-corrected chi connectivity index (χ4v) is 1.87. The molecule has 0 spiro atoms. The third-order valence-corrected chi connectivity index (χ3v) is 3.21. The Morgan fingerprint density at radius 2 is 2.00 bits per heavy atom. The van der Waals surface area contributed by atoms with Crippen LogP contribution in [0.2, 0.25) is 0 Å². The number of benzene rings is 1. The number of aromatic nitrogens is 1. The van der Waals surface area contributed by atoms with E-state index in [1.54, 1.807) is 18.5 Å². The van der Waals surface area contributed by atoms with Crippen LogP contribution >= 0.6 is 0 Å². The second-order valence-electron chi connectivity index (χ2n) is 4.58. The number of para-hydroxylation sites is 1. The molecule has 1 atom stereocenters. The topological polar surface area (TPSA) is 71.2 Å². The lowest BCUT2D eigenvalue weighted by molar-refractivity contribution is -0.117. The van der Waals surface area contributed by atoms with Gasteiger partial charge in [-0.1, -0.05) is 18.2 Å². The number of nitrogens with zero attached hydrogens (tertiary/aromatic N) is 2. The monoisotopic (exact) mass is 270 g/mol. The molecule has 2 aromatic rings. The Morgan fingerprint density at radius 1 is 1.30 bits per heavy atom. The minimum Gasteiger partial charge on any atom is -0.396 e. The first-order valence-electron chi connectivity index (χ1n) is 6.38. The van der Waals surface area contributed by atoms with Crippen molar-refractivity contribution in [1.82, 2.24) is 4.98 Å². The third-order valence-electron chi connectivity index (χ3n) is 3.21. The molecule has 104 valence electrons. The van der Waals surface area contributed by atoms with E-state index in [1.807, 2.05) is 49.2 Å². The quantitative estimate of drug-likeness (QED) is 0.892. The van der Waals surface area contributed by atoms with E-state index in [1.165, 1.54) is 0 Å². The Bertz CT molecular complexity index is 585. The summed E-state index contributed by atoms with van der Waals surface area (Å²) in [5.74, 6) is -0.0880. The van der Waals surface area contributed by atoms with E-state index in [9.17, 15) is 4.79 Å². The normalized spacial score (nSPS) is 11.7. The van der Waals surface area contributed by atoms with Crippen molar-refractivity contribution in [3.05, 3.63) is 48.8 Å². The summed E-state index contributed by atoms with van der Waals surface area (Å²) >= 11 is 0. The van der Waals surface area contributed by atoms with Crippen LogP contribution in [0.25, 0.3) is 0 Å². The highest BCUT2D eigenvalue weighted by Gasteiger charge is 2.19. The van der Waals surface area contributed by atoms with Crippen LogP contribution in [0.15, 0.2) is 48.8 Å². The van der Waals surface area contributed by atoms with E-state index in [2.05, 4.69) is 10.3 Å². The molecule has 0 aliphatic carbocycles. The Labute approximate surface area is 118 Å². The SMILES string of the molecule is CC(C(=O)Nc1ccccc1)N(C)c1ccncc1N. The molecule has 5 heteroatoms. The van der Waals surface area contributed by atoms with Gasteiger partial charge in [-0.3, -0.25) is 9.78 Å². The van der Waals surface area contributed by atoms with Crippen LogP contribution in [-0.4, -0.2) is 24.0 Å². The summed E-state index contributed by atoms with van der Waals surface area (Å²) in [4.78, 5) is 18.0. The van der Waals surface area contributed by atoms with Gasteiger partial charge in [0.1, 0.15) is 6.04 Å². The highest BCUT2D eigenvalue weighted by molar-refractivity contribution is 5.97. The number of carbonyl (C=O) groups excluding carboxylic acids is 1. The molecule has 0 aliphatic heterocycles. The molecular formula is C15H18N4O. The maximum absolute atomic E-state index is 12.2. The molecule has 0 aliphatic rings. The van der Waals surface area contributed by atoms with Gasteiger partial charge in [-0.25, -0.2) is 0 Å². The Kier molecular flexibility index (Phi) is 4.20. The van der Waals surface area contributed by atoms with Gasteiger partial charge in [-0.05, 0) is 25.1 Å². The zero-order valence-electron chi connectivity index (χ0n) is 11.6. The molecule has 1 heterocycles. The summed E-state index contributed by atoms with van der Waals surface area (Å²) in [6.45, 7) is 1.83. The minimum atomic E-state index is -0.347. The zero-order chi connectivity index (χ0) is 14.5. The van der Waals surface area contributed by atoms with Crippen LogP contribution in [0.3, 0.4) is 0 Å². The second kappa shape index (κ2) is 6.06. The fraction of sp³-hybridized carbons (Fsp3) is 0.200. The number of anilines is 3. The van der Waals surface area contributed by atoms with E-state index in [0.29, 0.717) is 5.69 Å². The van der Waals surface area contributed by atoms with Gasteiger partial charge in [0.2, 0.25) is 5.91 Å². The molecule has 1 aromatic carbocycles. The van der Waals surface area contributed by atoms with Crippen LogP contribution in [0.4, 0.5) is 17.1 Å². The van der Waals surface area contributed by atoms with Crippen molar-refractivity contribution in [2.24, 2.45) is 0 Å². The van der Waals surface area contributed by atoms with Crippen molar-refractivity contribution in [2.45, 2.75) is 13.0 Å². The minimum absolute atomic E-state index is 0.0880. The molecule has 0 bridgehead atoms. The number of hydrogen-bond acceptors (Lipinski definition) is 4. The van der Waals surface area contributed by atoms with Gasteiger partial charge in [-0.2, -0.15) is 0 Å². The number of likely N-dealkylation sites (N-methyl/N-ethyl adjacent to an activating group) is 1. The predicted molar refractivity (Wildman–Crippen MR) is 81.6 cm³/mol. The number of pyridine rings is 1. The first kappa shape index (κ1) is 13.9. The van der Waals surface area contributed by atoms with Crippen molar-refractivity contribution in [3.8, 4) is 0 Å². The van der Waals surface area contributed by atoms with Gasteiger partial charge in [0.15, 0.2) is 0 Å². The maximum atomic E-state index is 12.2. The first-order valence-corrected chi connectivity index (χ1v) is 6.38. The molecule has 1 unspecified atom stereocenters. The van der Waals surface area contributed by atoms with Crippen molar-refractivity contribution in [3.63, 3.8) is 0 Å². The molecule has 0 fully saturated rings. The van der Waals surface area contributed by atoms with Crippen LogP contribution in [0.5, 0.6) is 0 Å². The molecule has 2 rings (SSSR count). The van der Waals surface area contributed by atoms with Gasteiger partial charge in [0, 0.05) is 18.9 Å². The van der Waals surface area contributed by atoms with Crippen molar-refractivity contribution >= 4 is 23.0 Å². The Hall–Kier alpha value is -2.56. The summed E-state index contributed by atoms with van der Waals surface area (Å²) in [5, 5.41) is 2.87. The van der Waals surface area contributed by atoms with E-state index in [0.717, 1.165) is 11.4 Å². The van der Waals surface area contributed by atoms with E-state index in [-0.39, 0.29) is 11.9 Å². The van der Waals surface area contributed by atoms with Gasteiger partial charge >= 0.3 is 0 Å². The average Bonchev–Trinajstić information content (AvgIpc) is 2.47. The average molecular weight is 270 g/mol. The molecule has 0 saturated carbocycles. The van der Waals surface area contributed by atoms with Crippen LogP contribution < -0.4 is 16.0 Å². The van der Waals surface area contributed by atoms with Crippen LogP contribution in [0.1, 0.15) is 6.92 Å². The standard InChI is InChI=1S/C15H18N4O/c1-11(15(20)18-12-6-4-3-5-7-12)19(2)14-8-9-17-10-13(14)16/h3-11H,16H2,1-2H3,(H,18,20). The molecule has 0 saturated heterocycles. The van der Waals surface area contributed by atoms with Gasteiger partial charge < -0.3 is 16.0 Å². The highest BCUT2D eigenvalue weighted by Crippen LogP contribution is 2.22. The summed E-state index contributed by atoms with van der Waals surface area (Å²) in [6, 6.07) is 10.8. The number of nitrogens with two attached hydrogens (primary N) is 1. The Balaban J connectivity index is 2.09. The first-order chi connectivity index (χ1) is 9.59. The lowest BCUT2D eigenvalue weighted by Crippen LogP contribution is -2.40. The Morgan fingerprint density at radius 3 is 2.65 bits per heavy atom. The smallest absolute Gasteiger partial charge is 0.246 e. The summed E-state index contributed by atoms with van der Waals surface area (Å²) < 4.78 is 0. The van der Waals surface area contributed by atoms with Crippen molar-refractivity contribution in [2.75, 3.05) is 23.0 Å². The summed E-state index contributed by atoms with van der Waals surface area (Å²) in [5.41, 5.74) is 7.99. The molecule has 1 aromatic heterocycles. The largest absolute Gasteiger partial charge is 0.396 e. The summed E-state index contributed by atoms with van der Waals surface area (Å²) in [6.07, 6.45) is 3.23. The van der Waals surface area contributed by atoms with Crippen molar-refractivity contribution < 1.29 is 4.79 Å². The second-order valence-corrected chi connectivity index (χ2v) is 4.58. The maximum Gasteiger partial charge on any atom is 0.246 e. The molecule has 3 N–H and O–H groups in total. The molecule has 1 amide bonds. The van der Waals surface area contributed by atoms with Crippen molar-refractivity contribution in [1.29, 1.82) is 0 Å². The van der Waals surface area contributed by atoms with E-state index in [4.69, 9.17) is 5.73 Å². The molecule has 0 radical (unpaired) electrons. The zero-order valence-corrected chi connectivity index (χ0v) is 11.6. The lowest BCUT2D eigenvalue weighted by atomic mass is 10.2. The fourth-order valence-electron chi connectivity index (χ4n) is 1.87. The summed E-state index contributed by atoms with van der Waals surface area (Å²) in [7, 11) is 1.83. The number of rotatable bonds is 4. The van der Waals surface area contributed by atoms with E-state index < -0.39 is 0 Å². The lowest BCUT2D eigenvalue weighted by Gasteiger charge is -2.27. The number of nitrogens with one attached hydrogen (secondary N) is 1. The molecule has 5 nitrogen and oxygen atoms in total. The number of amides is 1. The molecule has 20 heavy (non-hydrogen) atoms. The third kappa shape index (κ3) is 3.06.